The summed E-state index contributed by atoms with van der Waals surface area (Å²) in [6.45, 7) is 11.5. The zero-order chi connectivity index (χ0) is 16.1. The van der Waals surface area contributed by atoms with Crippen LogP contribution in [-0.2, 0) is 0 Å². The molecule has 128 valence electrons. The SMILES string of the molecule is CCCCSC(SCCC)(SC(C)C)SC(SC)SCC. The van der Waals surface area contributed by atoms with Crippen molar-refractivity contribution in [3.8, 4) is 0 Å². The Labute approximate surface area is 159 Å². The van der Waals surface area contributed by atoms with E-state index in [-0.39, 0.29) is 2.74 Å². The molecule has 0 saturated heterocycles. The average Bonchev–Trinajstić information content (AvgIpc) is 2.44. The highest BCUT2D eigenvalue weighted by atomic mass is 32.3. The molecular formula is C15H32S6. The Morgan fingerprint density at radius 2 is 1.57 bits per heavy atom. The van der Waals surface area contributed by atoms with E-state index in [1.54, 1.807) is 0 Å². The minimum atomic E-state index is 0.273. The molecule has 0 aliphatic rings. The lowest BCUT2D eigenvalue weighted by Gasteiger charge is -2.35. The maximum Gasteiger partial charge on any atom is 0.155 e. The Balaban J connectivity index is 4.91. The zero-order valence-electron chi connectivity index (χ0n) is 14.3. The third-order valence-electron chi connectivity index (χ3n) is 2.38. The van der Waals surface area contributed by atoms with Crippen LogP contribution in [0.1, 0.15) is 53.9 Å². The van der Waals surface area contributed by atoms with Gasteiger partial charge in [0.25, 0.3) is 0 Å². The van der Waals surface area contributed by atoms with Gasteiger partial charge in [0.2, 0.25) is 0 Å². The first-order valence-corrected chi connectivity index (χ1v) is 13.9. The van der Waals surface area contributed by atoms with Gasteiger partial charge in [0, 0.05) is 5.25 Å². The van der Waals surface area contributed by atoms with Crippen molar-refractivity contribution in [2.75, 3.05) is 23.5 Å². The highest BCUT2D eigenvalue weighted by Gasteiger charge is 2.36. The first-order chi connectivity index (χ1) is 10.0. The Hall–Kier alpha value is 2.10. The lowest BCUT2D eigenvalue weighted by molar-refractivity contribution is 0.896. The molecule has 0 heterocycles. The highest BCUT2D eigenvalue weighted by Crippen LogP contribution is 2.60. The van der Waals surface area contributed by atoms with Gasteiger partial charge < -0.3 is 0 Å². The van der Waals surface area contributed by atoms with Crippen LogP contribution >= 0.6 is 70.6 Å². The molecule has 0 saturated carbocycles. The second kappa shape index (κ2) is 14.4. The zero-order valence-corrected chi connectivity index (χ0v) is 19.2. The van der Waals surface area contributed by atoms with Crippen LogP contribution in [0.3, 0.4) is 0 Å². The molecule has 0 aromatic carbocycles. The fraction of sp³-hybridized carbons (Fsp3) is 1.00. The normalized spacial score (nSPS) is 16.1. The second-order valence-electron chi connectivity index (χ2n) is 4.81. The Kier molecular flexibility index (Phi) is 15.9. The molecule has 2 atom stereocenters. The van der Waals surface area contributed by atoms with Crippen molar-refractivity contribution in [1.29, 1.82) is 0 Å². The molecule has 2 unspecified atom stereocenters. The van der Waals surface area contributed by atoms with Crippen LogP contribution in [0.5, 0.6) is 0 Å². The van der Waals surface area contributed by atoms with Gasteiger partial charge in [-0.25, -0.2) is 0 Å². The van der Waals surface area contributed by atoms with Gasteiger partial charge in [0.05, 0.1) is 3.91 Å². The van der Waals surface area contributed by atoms with Gasteiger partial charge in [0.1, 0.15) is 0 Å². The number of thioether (sulfide) groups is 6. The van der Waals surface area contributed by atoms with E-state index < -0.39 is 0 Å². The molecule has 0 amide bonds. The van der Waals surface area contributed by atoms with Crippen molar-refractivity contribution in [2.24, 2.45) is 0 Å². The fourth-order valence-corrected chi connectivity index (χ4v) is 13.4. The summed E-state index contributed by atoms with van der Waals surface area (Å²) in [7, 11) is 0. The first kappa shape index (κ1) is 23.1. The molecule has 0 rings (SSSR count). The van der Waals surface area contributed by atoms with Crippen LogP contribution in [0, 0.1) is 0 Å². The van der Waals surface area contributed by atoms with Crippen molar-refractivity contribution in [1.82, 2.24) is 0 Å². The predicted octanol–water partition coefficient (Wildman–Crippen LogP) is 7.55. The summed E-state index contributed by atoms with van der Waals surface area (Å²) in [5.41, 5.74) is 0. The number of hydrogen-bond acceptors (Lipinski definition) is 6. The largest absolute Gasteiger partial charge is 0.155 e. The van der Waals surface area contributed by atoms with E-state index in [1.165, 1.54) is 36.5 Å². The van der Waals surface area contributed by atoms with Crippen molar-refractivity contribution in [3.05, 3.63) is 0 Å². The van der Waals surface area contributed by atoms with Crippen LogP contribution in [-0.4, -0.2) is 35.4 Å². The van der Waals surface area contributed by atoms with Crippen molar-refractivity contribution in [2.45, 2.75) is 65.8 Å². The Morgan fingerprint density at radius 1 is 0.905 bits per heavy atom. The van der Waals surface area contributed by atoms with Crippen LogP contribution in [0.4, 0.5) is 0 Å². The first-order valence-electron chi connectivity index (χ1n) is 7.81. The molecule has 0 nitrogen and oxygen atoms in total. The highest BCUT2D eigenvalue weighted by molar-refractivity contribution is 8.51. The summed E-state index contributed by atoms with van der Waals surface area (Å²) >= 11 is 12.8. The Bertz CT molecular complexity index is 236. The van der Waals surface area contributed by atoms with Gasteiger partial charge in [-0.05, 0) is 36.4 Å². The van der Waals surface area contributed by atoms with E-state index in [9.17, 15) is 0 Å². The topological polar surface area (TPSA) is 0 Å². The van der Waals surface area contributed by atoms with Crippen LogP contribution < -0.4 is 0 Å². The van der Waals surface area contributed by atoms with Gasteiger partial charge in [-0.15, -0.1) is 58.8 Å². The smallest absolute Gasteiger partial charge is 0.140 e. The molecule has 0 N–H and O–H groups in total. The molecule has 0 fully saturated rings. The van der Waals surface area contributed by atoms with Crippen LogP contribution in [0.25, 0.3) is 0 Å². The monoisotopic (exact) mass is 404 g/mol. The number of unbranched alkanes of at least 4 members (excludes halogenated alkanes) is 1. The van der Waals surface area contributed by atoms with E-state index >= 15 is 0 Å². The molecular weight excluding hydrogens is 373 g/mol. The summed E-state index contributed by atoms with van der Waals surface area (Å²) < 4.78 is 0.926. The third kappa shape index (κ3) is 11.3. The third-order valence-corrected chi connectivity index (χ3v) is 12.8. The van der Waals surface area contributed by atoms with Crippen LogP contribution in [0.2, 0.25) is 0 Å². The maximum absolute atomic E-state index is 2.34. The summed E-state index contributed by atoms with van der Waals surface area (Å²) in [6.07, 6.45) is 6.16. The standard InChI is InChI=1S/C15H32S6/c1-7-10-12-19-15(18-11-8-2,20-13(4)5)21-14(16-6)17-9-3/h13-14H,7-12H2,1-6H3. The fourth-order valence-electron chi connectivity index (χ4n) is 1.47. The van der Waals surface area contributed by atoms with E-state index in [1.807, 2.05) is 11.8 Å². The lowest BCUT2D eigenvalue weighted by Crippen LogP contribution is -2.18. The summed E-state index contributed by atoms with van der Waals surface area (Å²) in [5, 5.41) is 0.685. The summed E-state index contributed by atoms with van der Waals surface area (Å²) in [6, 6.07) is 0. The maximum atomic E-state index is 2.34. The van der Waals surface area contributed by atoms with Gasteiger partial charge in [-0.3, -0.25) is 0 Å². The van der Waals surface area contributed by atoms with E-state index in [4.69, 9.17) is 0 Å². The molecule has 0 aromatic rings. The second-order valence-corrected chi connectivity index (χ2v) is 15.3. The molecule has 21 heavy (non-hydrogen) atoms. The molecule has 0 radical (unpaired) electrons. The predicted molar refractivity (Wildman–Crippen MR) is 119 cm³/mol. The number of rotatable bonds is 14. The van der Waals surface area contributed by atoms with Crippen molar-refractivity contribution < 1.29 is 0 Å². The average molecular weight is 405 g/mol. The lowest BCUT2D eigenvalue weighted by atomic mass is 10.4. The van der Waals surface area contributed by atoms with E-state index in [0.717, 1.165) is 0 Å². The quantitative estimate of drug-likeness (QED) is 0.215. The van der Waals surface area contributed by atoms with E-state index in [0.29, 0.717) is 9.16 Å². The Morgan fingerprint density at radius 3 is 2.05 bits per heavy atom. The summed E-state index contributed by atoms with van der Waals surface area (Å²) in [4.78, 5) is 0. The van der Waals surface area contributed by atoms with Gasteiger partial charge in [0.15, 0.2) is 2.74 Å². The minimum Gasteiger partial charge on any atom is -0.140 e. The van der Waals surface area contributed by atoms with Gasteiger partial charge >= 0.3 is 0 Å². The molecule has 0 aliphatic heterocycles. The minimum absolute atomic E-state index is 0.273. The van der Waals surface area contributed by atoms with Crippen molar-refractivity contribution in [3.63, 3.8) is 0 Å². The number of hydrogen-bond donors (Lipinski definition) is 0. The van der Waals surface area contributed by atoms with Crippen LogP contribution in [0.15, 0.2) is 0 Å². The molecule has 0 aromatic heterocycles. The van der Waals surface area contributed by atoms with Crippen molar-refractivity contribution >= 4 is 70.6 Å². The van der Waals surface area contributed by atoms with Gasteiger partial charge in [-0.1, -0.05) is 52.8 Å². The molecule has 6 heteroatoms. The molecule has 0 bridgehead atoms. The summed E-state index contributed by atoms with van der Waals surface area (Å²) in [5.74, 6) is 3.76. The molecule has 0 aliphatic carbocycles. The molecule has 0 spiro atoms. The van der Waals surface area contributed by atoms with Gasteiger partial charge in [-0.2, -0.15) is 0 Å². The van der Waals surface area contributed by atoms with E-state index in [2.05, 4.69) is 99.7 Å².